The van der Waals surface area contributed by atoms with Crippen LogP contribution < -0.4 is 10.2 Å². The standard InChI is InChI=1S/C68H119N2O6P/c1-6-8-10-12-14-16-18-20-22-24-26-28-29-30-31-32-33-34-35-36-37-38-39-40-41-42-44-46-48-50-52-54-56-58-60-62-68(72)69-66(65-76-77(73,74)75-64-63-70(3,4)5)67(71)61-59-57-55-53-51-49-47-45-43-27-25-23-21-19-17-15-13-11-9-7-2/h8,10,14,16,20,22,26,28,30-31,33-34,36-37,39-40,42,44,48,50,66-67,71H,6-7,9,11-13,15,17-19,21,23-25,27,29,32,35,38,41,43,45-47,49,51-65H2,1-5H3,(H-,69,72,73,74)/b10-8-,16-14-,22-20-,28-26-,31-30-,34-33-,37-36-,40-39-,44-42-,50-48-. The summed E-state index contributed by atoms with van der Waals surface area (Å²) in [5.74, 6) is -0.192. The number of hydrogen-bond acceptors (Lipinski definition) is 6. The lowest BCUT2D eigenvalue weighted by atomic mass is 10.0. The number of quaternary nitrogens is 1. The quantitative estimate of drug-likeness (QED) is 0.0272. The number of unbranched alkanes of at least 4 members (excludes halogenated alkanes) is 23. The van der Waals surface area contributed by atoms with Crippen molar-refractivity contribution >= 4 is 13.7 Å². The molecule has 0 aromatic heterocycles. The molecule has 0 fully saturated rings. The number of aliphatic hydroxyl groups is 1. The van der Waals surface area contributed by atoms with Gasteiger partial charge >= 0.3 is 0 Å². The van der Waals surface area contributed by atoms with Crippen LogP contribution in [-0.2, 0) is 18.4 Å². The van der Waals surface area contributed by atoms with E-state index in [-0.39, 0.29) is 19.1 Å². The SMILES string of the molecule is CC/C=C\C/C=C\C/C=C\C/C=C\C/C=C\C/C=C\C/C=C\C/C=C\C/C=C\C/C=C\CCCCCCC(=O)NC(COP(=O)([O-])OCC[N+](C)(C)C)C(O)CCCCCCCCCCCCCCCCCCCCCC. The molecule has 0 bridgehead atoms. The molecule has 0 aromatic carbocycles. The first-order chi connectivity index (χ1) is 37.5. The molecule has 0 aromatic rings. The van der Waals surface area contributed by atoms with E-state index in [0.717, 1.165) is 116 Å². The second kappa shape index (κ2) is 57.6. The van der Waals surface area contributed by atoms with E-state index in [9.17, 15) is 19.4 Å². The van der Waals surface area contributed by atoms with Crippen molar-refractivity contribution in [2.45, 2.75) is 264 Å². The van der Waals surface area contributed by atoms with E-state index in [0.29, 0.717) is 23.9 Å². The minimum Gasteiger partial charge on any atom is -0.756 e. The van der Waals surface area contributed by atoms with Gasteiger partial charge in [0.25, 0.3) is 7.82 Å². The number of nitrogens with zero attached hydrogens (tertiary/aromatic N) is 1. The summed E-state index contributed by atoms with van der Waals surface area (Å²) in [6, 6.07) is -0.824. The van der Waals surface area contributed by atoms with Crippen LogP contribution in [0.1, 0.15) is 251 Å². The highest BCUT2D eigenvalue weighted by Gasteiger charge is 2.24. The van der Waals surface area contributed by atoms with Crippen LogP contribution >= 0.6 is 7.82 Å². The molecular weight excluding hydrogens is 972 g/mol. The monoisotopic (exact) mass is 1090 g/mol. The van der Waals surface area contributed by atoms with Gasteiger partial charge in [-0.2, -0.15) is 0 Å². The maximum Gasteiger partial charge on any atom is 0.268 e. The van der Waals surface area contributed by atoms with Crippen molar-refractivity contribution in [1.82, 2.24) is 5.32 Å². The van der Waals surface area contributed by atoms with Gasteiger partial charge in [0.2, 0.25) is 5.91 Å². The summed E-state index contributed by atoms with van der Waals surface area (Å²) in [6.45, 7) is 4.59. The van der Waals surface area contributed by atoms with Crippen molar-refractivity contribution in [3.63, 3.8) is 0 Å². The molecule has 9 heteroatoms. The number of rotatable bonds is 56. The predicted molar refractivity (Wildman–Crippen MR) is 334 cm³/mol. The molecule has 0 spiro atoms. The maximum absolute atomic E-state index is 13.0. The highest BCUT2D eigenvalue weighted by atomic mass is 31.2. The van der Waals surface area contributed by atoms with Gasteiger partial charge in [-0.05, 0) is 89.9 Å². The Balaban J connectivity index is 4.23. The second-order valence-corrected chi connectivity index (χ2v) is 23.4. The molecule has 77 heavy (non-hydrogen) atoms. The number of hydrogen-bond donors (Lipinski definition) is 2. The largest absolute Gasteiger partial charge is 0.756 e. The van der Waals surface area contributed by atoms with E-state index in [4.69, 9.17) is 9.05 Å². The minimum absolute atomic E-state index is 0.000698. The summed E-state index contributed by atoms with van der Waals surface area (Å²) in [5, 5.41) is 14.0. The van der Waals surface area contributed by atoms with Crippen LogP contribution in [0.25, 0.3) is 0 Å². The summed E-state index contributed by atoms with van der Waals surface area (Å²) >= 11 is 0. The molecule has 0 radical (unpaired) electrons. The molecule has 3 atom stereocenters. The Morgan fingerprint density at radius 2 is 0.792 bits per heavy atom. The first kappa shape index (κ1) is 73.9. The van der Waals surface area contributed by atoms with Gasteiger partial charge in [-0.15, -0.1) is 0 Å². The molecular formula is C68H119N2O6P. The molecule has 3 unspecified atom stereocenters. The Labute approximate surface area is 475 Å². The Kier molecular flexibility index (Phi) is 55.3. The lowest BCUT2D eigenvalue weighted by Gasteiger charge is -2.30. The molecule has 0 aliphatic carbocycles. The number of nitrogens with one attached hydrogen (secondary N) is 1. The Morgan fingerprint density at radius 3 is 1.16 bits per heavy atom. The lowest BCUT2D eigenvalue weighted by molar-refractivity contribution is -0.870. The highest BCUT2D eigenvalue weighted by Crippen LogP contribution is 2.38. The third-order valence-electron chi connectivity index (χ3n) is 13.5. The van der Waals surface area contributed by atoms with E-state index in [1.807, 2.05) is 21.1 Å². The fourth-order valence-electron chi connectivity index (χ4n) is 8.60. The molecule has 8 nitrogen and oxygen atoms in total. The fourth-order valence-corrected chi connectivity index (χ4v) is 9.32. The molecule has 442 valence electrons. The highest BCUT2D eigenvalue weighted by molar-refractivity contribution is 7.45. The van der Waals surface area contributed by atoms with E-state index < -0.39 is 20.0 Å². The number of carbonyl (C=O) groups excluding carboxylic acids is 1. The summed E-state index contributed by atoms with van der Waals surface area (Å²) in [4.78, 5) is 25.6. The number of phosphoric ester groups is 1. The van der Waals surface area contributed by atoms with E-state index >= 15 is 0 Å². The van der Waals surface area contributed by atoms with E-state index in [1.165, 1.54) is 109 Å². The van der Waals surface area contributed by atoms with Gasteiger partial charge in [0.05, 0.1) is 39.9 Å². The van der Waals surface area contributed by atoms with Gasteiger partial charge in [-0.25, -0.2) is 0 Å². The van der Waals surface area contributed by atoms with Crippen LogP contribution in [0.3, 0.4) is 0 Å². The van der Waals surface area contributed by atoms with Gasteiger partial charge in [-0.3, -0.25) is 9.36 Å². The van der Waals surface area contributed by atoms with Crippen LogP contribution in [0.2, 0.25) is 0 Å². The number of amides is 1. The van der Waals surface area contributed by atoms with Crippen LogP contribution in [0.4, 0.5) is 0 Å². The topological polar surface area (TPSA) is 108 Å². The van der Waals surface area contributed by atoms with E-state index in [1.54, 1.807) is 0 Å². The summed E-state index contributed by atoms with van der Waals surface area (Å²) < 4.78 is 23.4. The summed E-state index contributed by atoms with van der Waals surface area (Å²) in [7, 11) is 1.27. The van der Waals surface area contributed by atoms with E-state index in [2.05, 4.69) is 141 Å². The van der Waals surface area contributed by atoms with Gasteiger partial charge in [0.1, 0.15) is 13.2 Å². The number of likely N-dealkylation sites (N-methyl/N-ethyl adjacent to an activating group) is 1. The molecule has 2 N–H and O–H groups in total. The Bertz CT molecular complexity index is 1670. The van der Waals surface area contributed by atoms with Crippen molar-refractivity contribution in [2.75, 3.05) is 40.9 Å². The maximum atomic E-state index is 13.0. The van der Waals surface area contributed by atoms with Gasteiger partial charge in [0, 0.05) is 6.42 Å². The van der Waals surface area contributed by atoms with Crippen molar-refractivity contribution in [3.05, 3.63) is 122 Å². The third-order valence-corrected chi connectivity index (χ3v) is 14.4. The van der Waals surface area contributed by atoms with Crippen molar-refractivity contribution in [2.24, 2.45) is 0 Å². The number of allylic oxidation sites excluding steroid dienone is 20. The van der Waals surface area contributed by atoms with Crippen molar-refractivity contribution in [3.8, 4) is 0 Å². The van der Waals surface area contributed by atoms with Crippen LogP contribution in [0.15, 0.2) is 122 Å². The first-order valence-corrected chi connectivity index (χ1v) is 32.8. The Morgan fingerprint density at radius 1 is 0.468 bits per heavy atom. The molecule has 0 heterocycles. The van der Waals surface area contributed by atoms with Gasteiger partial charge < -0.3 is 28.8 Å². The molecule has 1 amide bonds. The van der Waals surface area contributed by atoms with Crippen LogP contribution in [-0.4, -0.2) is 68.5 Å². The average Bonchev–Trinajstić information content (AvgIpc) is 3.39. The van der Waals surface area contributed by atoms with Gasteiger partial charge in [0.15, 0.2) is 0 Å². The number of carbonyl (C=O) groups is 1. The average molecular weight is 1090 g/mol. The number of aliphatic hydroxyl groups excluding tert-OH is 1. The van der Waals surface area contributed by atoms with Crippen LogP contribution in [0.5, 0.6) is 0 Å². The molecule has 0 aliphatic heterocycles. The minimum atomic E-state index is -4.59. The molecule has 0 saturated carbocycles. The molecule has 0 rings (SSSR count). The van der Waals surface area contributed by atoms with Crippen LogP contribution in [0, 0.1) is 0 Å². The Hall–Kier alpha value is -3.10. The fraction of sp³-hybridized carbons (Fsp3) is 0.691. The zero-order chi connectivity index (χ0) is 56.3. The summed E-state index contributed by atoms with van der Waals surface area (Å²) in [6.07, 6.45) is 85.2. The first-order valence-electron chi connectivity index (χ1n) is 31.4. The van der Waals surface area contributed by atoms with Crippen molar-refractivity contribution < 1.29 is 32.9 Å². The zero-order valence-electron chi connectivity index (χ0n) is 50.4. The smallest absolute Gasteiger partial charge is 0.268 e. The van der Waals surface area contributed by atoms with Gasteiger partial charge in [-0.1, -0.05) is 277 Å². The zero-order valence-corrected chi connectivity index (χ0v) is 51.3. The second-order valence-electron chi connectivity index (χ2n) is 22.0. The third kappa shape index (κ3) is 60.4. The molecule has 0 saturated heterocycles. The predicted octanol–water partition coefficient (Wildman–Crippen LogP) is 19.1. The van der Waals surface area contributed by atoms with Crippen molar-refractivity contribution in [1.29, 1.82) is 0 Å². The molecule has 0 aliphatic rings. The summed E-state index contributed by atoms with van der Waals surface area (Å²) in [5.41, 5.74) is 0. The lowest BCUT2D eigenvalue weighted by Crippen LogP contribution is -2.46. The normalized spacial score (nSPS) is 14.6. The number of phosphoric acid groups is 1.